The number of nitrogens with zero attached hydrogens (tertiary/aromatic N) is 1. The predicted octanol–water partition coefficient (Wildman–Crippen LogP) is 1.38. The van der Waals surface area contributed by atoms with E-state index in [1.54, 1.807) is 0 Å². The Hall–Kier alpha value is -0.120. The van der Waals surface area contributed by atoms with Gasteiger partial charge in [-0.1, -0.05) is 0 Å². The maximum atomic E-state index is 5.66. The Kier molecular flexibility index (Phi) is 3.18. The Morgan fingerprint density at radius 3 is 2.38 bits per heavy atom. The van der Waals surface area contributed by atoms with E-state index in [4.69, 9.17) is 4.74 Å². The molecule has 0 aromatic heterocycles. The third-order valence-corrected chi connectivity index (χ3v) is 4.76. The summed E-state index contributed by atoms with van der Waals surface area (Å²) in [4.78, 5) is 2.81. The lowest BCUT2D eigenvalue weighted by atomic mass is 9.94. The number of fused-ring (bicyclic) bond motifs is 2. The van der Waals surface area contributed by atoms with Gasteiger partial charge >= 0.3 is 0 Å². The van der Waals surface area contributed by atoms with E-state index in [-0.39, 0.29) is 0 Å². The number of nitrogens with one attached hydrogen (secondary N) is 1. The molecule has 0 aliphatic carbocycles. The predicted molar refractivity (Wildman–Crippen MR) is 64.6 cm³/mol. The minimum absolute atomic E-state index is 0.726. The zero-order valence-corrected chi connectivity index (χ0v) is 10.3. The number of ether oxygens (including phenoxy) is 1. The van der Waals surface area contributed by atoms with Crippen LogP contribution in [0.4, 0.5) is 0 Å². The smallest absolute Gasteiger partial charge is 0.0622 e. The first kappa shape index (κ1) is 11.0. The molecule has 1 N–H and O–H groups in total. The lowest BCUT2D eigenvalue weighted by Gasteiger charge is -2.44. The van der Waals surface area contributed by atoms with Crippen LogP contribution >= 0.6 is 0 Å². The fourth-order valence-electron chi connectivity index (χ4n) is 4.00. The van der Waals surface area contributed by atoms with Crippen molar-refractivity contribution in [2.75, 3.05) is 20.3 Å². The molecule has 0 amide bonds. The van der Waals surface area contributed by atoms with Crippen LogP contribution in [-0.2, 0) is 4.74 Å². The molecule has 3 heterocycles. The summed E-state index contributed by atoms with van der Waals surface area (Å²) in [6, 6.07) is 3.16. The zero-order valence-electron chi connectivity index (χ0n) is 10.3. The quantitative estimate of drug-likeness (QED) is 0.767. The monoisotopic (exact) mass is 224 g/mol. The largest absolute Gasteiger partial charge is 0.380 e. The second-order valence-electron chi connectivity index (χ2n) is 5.66. The van der Waals surface area contributed by atoms with Gasteiger partial charge in [-0.2, -0.15) is 0 Å². The van der Waals surface area contributed by atoms with Crippen LogP contribution in [0.15, 0.2) is 0 Å². The fourth-order valence-corrected chi connectivity index (χ4v) is 4.00. The standard InChI is InChI=1S/C13H24N2O/c1-14-10-7-11-4-5-12(8-10)15(11)13-3-2-6-16-9-13/h10-14H,2-9H2,1H3. The second-order valence-corrected chi connectivity index (χ2v) is 5.66. The van der Waals surface area contributed by atoms with Gasteiger partial charge in [-0.15, -0.1) is 0 Å². The highest BCUT2D eigenvalue weighted by atomic mass is 16.5. The summed E-state index contributed by atoms with van der Waals surface area (Å²) in [5.74, 6) is 0. The van der Waals surface area contributed by atoms with E-state index < -0.39 is 0 Å². The van der Waals surface area contributed by atoms with Crippen LogP contribution in [0.25, 0.3) is 0 Å². The molecule has 0 radical (unpaired) electrons. The van der Waals surface area contributed by atoms with Crippen molar-refractivity contribution in [3.63, 3.8) is 0 Å². The molecule has 3 rings (SSSR count). The minimum atomic E-state index is 0.726. The maximum Gasteiger partial charge on any atom is 0.0622 e. The summed E-state index contributed by atoms with van der Waals surface area (Å²) in [6.07, 6.45) is 8.15. The van der Waals surface area contributed by atoms with Gasteiger partial charge in [-0.3, -0.25) is 4.90 Å². The summed E-state index contributed by atoms with van der Waals surface area (Å²) >= 11 is 0. The van der Waals surface area contributed by atoms with Crippen molar-refractivity contribution in [1.82, 2.24) is 10.2 Å². The highest BCUT2D eigenvalue weighted by molar-refractivity contribution is 5.00. The van der Waals surface area contributed by atoms with Crippen molar-refractivity contribution in [2.45, 2.75) is 62.7 Å². The third kappa shape index (κ3) is 1.89. The molecule has 0 aromatic carbocycles. The Morgan fingerprint density at radius 2 is 1.81 bits per heavy atom. The van der Waals surface area contributed by atoms with E-state index in [1.807, 2.05) is 0 Å². The van der Waals surface area contributed by atoms with Gasteiger partial charge in [-0.25, -0.2) is 0 Å². The molecule has 3 saturated heterocycles. The topological polar surface area (TPSA) is 24.5 Å². The van der Waals surface area contributed by atoms with E-state index in [2.05, 4.69) is 17.3 Å². The minimum Gasteiger partial charge on any atom is -0.380 e. The van der Waals surface area contributed by atoms with E-state index in [0.717, 1.165) is 37.4 Å². The molecule has 0 aromatic rings. The molecule has 3 heteroatoms. The molecule has 92 valence electrons. The first-order valence-electron chi connectivity index (χ1n) is 6.91. The van der Waals surface area contributed by atoms with Crippen LogP contribution in [-0.4, -0.2) is 49.3 Å². The van der Waals surface area contributed by atoms with Crippen molar-refractivity contribution >= 4 is 0 Å². The highest BCUT2D eigenvalue weighted by Crippen LogP contribution is 2.38. The Balaban J connectivity index is 1.68. The van der Waals surface area contributed by atoms with Gasteiger partial charge in [-0.05, 0) is 45.6 Å². The molecule has 3 nitrogen and oxygen atoms in total. The third-order valence-electron chi connectivity index (χ3n) is 4.76. The Bertz CT molecular complexity index is 226. The number of piperidine rings is 1. The van der Waals surface area contributed by atoms with Crippen LogP contribution < -0.4 is 5.32 Å². The SMILES string of the molecule is CNC1CC2CCC(C1)N2C1CCCOC1. The number of hydrogen-bond acceptors (Lipinski definition) is 3. The van der Waals surface area contributed by atoms with Crippen LogP contribution in [0.2, 0.25) is 0 Å². The van der Waals surface area contributed by atoms with Crippen LogP contribution in [0.3, 0.4) is 0 Å². The van der Waals surface area contributed by atoms with Gasteiger partial charge in [0.1, 0.15) is 0 Å². The molecule has 3 aliphatic heterocycles. The summed E-state index contributed by atoms with van der Waals surface area (Å²) in [7, 11) is 2.11. The molecule has 3 unspecified atom stereocenters. The summed E-state index contributed by atoms with van der Waals surface area (Å²) < 4.78 is 5.66. The number of rotatable bonds is 2. The Labute approximate surface area is 98.5 Å². The molecule has 16 heavy (non-hydrogen) atoms. The van der Waals surface area contributed by atoms with Crippen LogP contribution in [0.5, 0.6) is 0 Å². The van der Waals surface area contributed by atoms with E-state index in [1.165, 1.54) is 38.5 Å². The fraction of sp³-hybridized carbons (Fsp3) is 1.00. The van der Waals surface area contributed by atoms with Crippen molar-refractivity contribution < 1.29 is 4.74 Å². The lowest BCUT2D eigenvalue weighted by molar-refractivity contribution is -0.0202. The first-order valence-corrected chi connectivity index (χ1v) is 6.91. The van der Waals surface area contributed by atoms with Gasteiger partial charge in [0.25, 0.3) is 0 Å². The second kappa shape index (κ2) is 4.63. The summed E-state index contributed by atoms with van der Waals surface area (Å²) in [6.45, 7) is 1.97. The van der Waals surface area contributed by atoms with Gasteiger partial charge in [0.15, 0.2) is 0 Å². The molecular formula is C13H24N2O. The molecule has 3 fully saturated rings. The van der Waals surface area contributed by atoms with Crippen molar-refractivity contribution in [3.05, 3.63) is 0 Å². The normalized spacial score (nSPS) is 44.8. The van der Waals surface area contributed by atoms with E-state index in [0.29, 0.717) is 0 Å². The van der Waals surface area contributed by atoms with Gasteiger partial charge in [0.2, 0.25) is 0 Å². The van der Waals surface area contributed by atoms with Crippen molar-refractivity contribution in [2.24, 2.45) is 0 Å². The van der Waals surface area contributed by atoms with Crippen LogP contribution in [0, 0.1) is 0 Å². The van der Waals surface area contributed by atoms with Crippen molar-refractivity contribution in [1.29, 1.82) is 0 Å². The average Bonchev–Trinajstić information content (AvgIpc) is 2.61. The highest BCUT2D eigenvalue weighted by Gasteiger charge is 2.43. The average molecular weight is 224 g/mol. The molecule has 0 saturated carbocycles. The van der Waals surface area contributed by atoms with Crippen LogP contribution in [0.1, 0.15) is 38.5 Å². The molecule has 2 bridgehead atoms. The van der Waals surface area contributed by atoms with Gasteiger partial charge < -0.3 is 10.1 Å². The van der Waals surface area contributed by atoms with E-state index in [9.17, 15) is 0 Å². The molecular weight excluding hydrogens is 200 g/mol. The van der Waals surface area contributed by atoms with Gasteiger partial charge in [0.05, 0.1) is 6.61 Å². The first-order chi connectivity index (χ1) is 7.88. The summed E-state index contributed by atoms with van der Waals surface area (Å²) in [5.41, 5.74) is 0. The molecule has 0 spiro atoms. The van der Waals surface area contributed by atoms with Crippen molar-refractivity contribution in [3.8, 4) is 0 Å². The zero-order chi connectivity index (χ0) is 11.0. The summed E-state index contributed by atoms with van der Waals surface area (Å²) in [5, 5.41) is 3.47. The molecule has 3 atom stereocenters. The lowest BCUT2D eigenvalue weighted by Crippen LogP contribution is -2.54. The molecule has 3 aliphatic rings. The number of hydrogen-bond donors (Lipinski definition) is 1. The van der Waals surface area contributed by atoms with Gasteiger partial charge in [0, 0.05) is 30.8 Å². The Morgan fingerprint density at radius 1 is 1.06 bits per heavy atom. The van der Waals surface area contributed by atoms with E-state index >= 15 is 0 Å². The maximum absolute atomic E-state index is 5.66.